The molecule has 2 nitrogen and oxygen atoms in total. The highest BCUT2D eigenvalue weighted by Crippen LogP contribution is 2.28. The van der Waals surface area contributed by atoms with Crippen LogP contribution >= 0.6 is 11.3 Å². The minimum Gasteiger partial charge on any atom is -0.307 e. The Hall–Kier alpha value is -0.410. The van der Waals surface area contributed by atoms with Crippen molar-refractivity contribution < 1.29 is 0 Å². The van der Waals surface area contributed by atoms with E-state index in [9.17, 15) is 0 Å². The van der Waals surface area contributed by atoms with Crippen LogP contribution in [0.3, 0.4) is 0 Å². The minimum atomic E-state index is 0.156. The number of aromatic nitrogens is 1. The first-order chi connectivity index (χ1) is 8.96. The molecule has 1 rings (SSSR count). The Kier molecular flexibility index (Phi) is 5.79. The maximum Gasteiger partial charge on any atom is 0.0936 e. The van der Waals surface area contributed by atoms with Gasteiger partial charge in [0.1, 0.15) is 0 Å². The van der Waals surface area contributed by atoms with E-state index in [-0.39, 0.29) is 5.54 Å². The van der Waals surface area contributed by atoms with Gasteiger partial charge in [-0.1, -0.05) is 34.6 Å². The van der Waals surface area contributed by atoms with Crippen LogP contribution in [0.4, 0.5) is 0 Å². The molecule has 1 N–H and O–H groups in total. The fraction of sp³-hybridized carbons (Fsp3) is 0.824. The number of rotatable bonds is 5. The van der Waals surface area contributed by atoms with Crippen molar-refractivity contribution in [3.05, 3.63) is 15.6 Å². The largest absolute Gasteiger partial charge is 0.307 e. The van der Waals surface area contributed by atoms with E-state index < -0.39 is 0 Å². The van der Waals surface area contributed by atoms with Crippen LogP contribution in [0.1, 0.15) is 71.0 Å². The number of hydrogen-bond donors (Lipinski definition) is 1. The molecule has 0 aliphatic carbocycles. The fourth-order valence-corrected chi connectivity index (χ4v) is 3.33. The van der Waals surface area contributed by atoms with E-state index in [4.69, 9.17) is 4.98 Å². The van der Waals surface area contributed by atoms with Gasteiger partial charge in [0.2, 0.25) is 0 Å². The Morgan fingerprint density at radius 2 is 1.70 bits per heavy atom. The summed E-state index contributed by atoms with van der Waals surface area (Å²) >= 11 is 1.90. The van der Waals surface area contributed by atoms with E-state index in [1.165, 1.54) is 15.6 Å². The lowest BCUT2D eigenvalue weighted by Gasteiger charge is -2.20. The van der Waals surface area contributed by atoms with Crippen LogP contribution in [-0.4, -0.2) is 10.5 Å². The van der Waals surface area contributed by atoms with E-state index >= 15 is 0 Å². The third kappa shape index (κ3) is 6.85. The lowest BCUT2D eigenvalue weighted by Crippen LogP contribution is -2.35. The Labute approximate surface area is 129 Å². The second kappa shape index (κ2) is 6.57. The van der Waals surface area contributed by atoms with Crippen LogP contribution in [0, 0.1) is 11.3 Å². The van der Waals surface area contributed by atoms with Crippen molar-refractivity contribution in [2.24, 2.45) is 11.3 Å². The molecule has 0 fully saturated rings. The van der Waals surface area contributed by atoms with Crippen LogP contribution in [0.2, 0.25) is 0 Å². The summed E-state index contributed by atoms with van der Waals surface area (Å²) in [6.45, 7) is 19.0. The van der Waals surface area contributed by atoms with Gasteiger partial charge in [-0.25, -0.2) is 4.98 Å². The molecule has 116 valence electrons. The molecule has 0 aliphatic heterocycles. The lowest BCUT2D eigenvalue weighted by molar-refractivity contribution is 0.410. The Morgan fingerprint density at radius 3 is 2.15 bits per heavy atom. The highest BCUT2D eigenvalue weighted by molar-refractivity contribution is 7.11. The number of nitrogens with one attached hydrogen (secondary N) is 1. The zero-order valence-electron chi connectivity index (χ0n) is 14.6. The van der Waals surface area contributed by atoms with Gasteiger partial charge in [0.25, 0.3) is 0 Å². The highest BCUT2D eigenvalue weighted by atomic mass is 32.1. The monoisotopic (exact) mass is 296 g/mol. The quantitative estimate of drug-likeness (QED) is 0.842. The molecule has 3 heteroatoms. The zero-order chi connectivity index (χ0) is 15.6. The molecular formula is C17H32N2S. The van der Waals surface area contributed by atoms with Crippen molar-refractivity contribution in [1.82, 2.24) is 10.3 Å². The first kappa shape index (κ1) is 17.6. The van der Waals surface area contributed by atoms with E-state index in [0.717, 1.165) is 19.4 Å². The van der Waals surface area contributed by atoms with E-state index in [0.29, 0.717) is 11.3 Å². The van der Waals surface area contributed by atoms with Crippen LogP contribution in [0.5, 0.6) is 0 Å². The molecule has 0 bridgehead atoms. The molecular weight excluding hydrogens is 264 g/mol. The van der Waals surface area contributed by atoms with Crippen LogP contribution < -0.4 is 5.32 Å². The molecule has 0 aliphatic rings. The highest BCUT2D eigenvalue weighted by Gasteiger charge is 2.19. The van der Waals surface area contributed by atoms with Gasteiger partial charge in [-0.2, -0.15) is 0 Å². The second-order valence-electron chi connectivity index (χ2n) is 8.42. The lowest BCUT2D eigenvalue weighted by atomic mass is 9.93. The molecule has 0 radical (unpaired) electrons. The standard InChI is InChI=1S/C17H32N2S/c1-12(2)9-13-14(11-18-17(6,7)8)20-15(19-13)10-16(3,4)5/h12,18H,9-11H2,1-8H3. The van der Waals surface area contributed by atoms with Gasteiger partial charge in [0, 0.05) is 23.4 Å². The van der Waals surface area contributed by atoms with Crippen molar-refractivity contribution >= 4 is 11.3 Å². The summed E-state index contributed by atoms with van der Waals surface area (Å²) in [5.41, 5.74) is 1.77. The van der Waals surface area contributed by atoms with Crippen molar-refractivity contribution in [1.29, 1.82) is 0 Å². The Morgan fingerprint density at radius 1 is 1.10 bits per heavy atom. The zero-order valence-corrected chi connectivity index (χ0v) is 15.4. The molecule has 0 spiro atoms. The second-order valence-corrected chi connectivity index (χ2v) is 9.58. The average Bonchev–Trinajstić information content (AvgIpc) is 2.52. The van der Waals surface area contributed by atoms with Gasteiger partial charge < -0.3 is 5.32 Å². The number of hydrogen-bond acceptors (Lipinski definition) is 3. The van der Waals surface area contributed by atoms with Crippen molar-refractivity contribution in [2.45, 2.75) is 80.3 Å². The summed E-state index contributed by atoms with van der Waals surface area (Å²) in [5.74, 6) is 0.660. The predicted octanol–water partition coefficient (Wildman–Crippen LogP) is 4.82. The maximum atomic E-state index is 4.91. The Balaban J connectivity index is 2.88. The van der Waals surface area contributed by atoms with Crippen molar-refractivity contribution in [3.8, 4) is 0 Å². The summed E-state index contributed by atoms with van der Waals surface area (Å²) in [5, 5.41) is 4.89. The smallest absolute Gasteiger partial charge is 0.0936 e. The van der Waals surface area contributed by atoms with Gasteiger partial charge in [-0.15, -0.1) is 11.3 Å². The summed E-state index contributed by atoms with van der Waals surface area (Å²) in [7, 11) is 0. The molecule has 1 heterocycles. The van der Waals surface area contributed by atoms with E-state index in [1.54, 1.807) is 0 Å². The summed E-state index contributed by atoms with van der Waals surface area (Å²) in [6, 6.07) is 0. The molecule has 0 saturated carbocycles. The topological polar surface area (TPSA) is 24.9 Å². The van der Waals surface area contributed by atoms with Gasteiger partial charge >= 0.3 is 0 Å². The number of thiazole rings is 1. The Bertz CT molecular complexity index is 419. The van der Waals surface area contributed by atoms with Gasteiger partial charge in [-0.05, 0) is 38.5 Å². The van der Waals surface area contributed by atoms with Crippen LogP contribution in [0.25, 0.3) is 0 Å². The normalized spacial score (nSPS) is 13.2. The SMILES string of the molecule is CC(C)Cc1nc(CC(C)(C)C)sc1CNC(C)(C)C. The average molecular weight is 297 g/mol. The molecule has 0 amide bonds. The molecule has 0 atom stereocenters. The number of nitrogens with zero attached hydrogens (tertiary/aromatic N) is 1. The summed E-state index contributed by atoms with van der Waals surface area (Å²) in [6.07, 6.45) is 2.15. The first-order valence-electron chi connectivity index (χ1n) is 7.69. The molecule has 0 aromatic carbocycles. The third-order valence-electron chi connectivity index (χ3n) is 2.88. The molecule has 0 saturated heterocycles. The van der Waals surface area contributed by atoms with E-state index in [2.05, 4.69) is 60.7 Å². The van der Waals surface area contributed by atoms with Gasteiger partial charge in [0.05, 0.1) is 10.7 Å². The first-order valence-corrected chi connectivity index (χ1v) is 8.50. The van der Waals surface area contributed by atoms with Crippen molar-refractivity contribution in [2.75, 3.05) is 0 Å². The summed E-state index contributed by atoms with van der Waals surface area (Å²) < 4.78 is 0. The molecule has 20 heavy (non-hydrogen) atoms. The molecule has 0 unspecified atom stereocenters. The third-order valence-corrected chi connectivity index (χ3v) is 3.98. The van der Waals surface area contributed by atoms with Crippen LogP contribution in [-0.2, 0) is 19.4 Å². The molecule has 1 aromatic rings. The summed E-state index contributed by atoms with van der Waals surface area (Å²) in [4.78, 5) is 6.34. The van der Waals surface area contributed by atoms with Gasteiger partial charge in [0.15, 0.2) is 0 Å². The maximum absolute atomic E-state index is 4.91. The fourth-order valence-electron chi connectivity index (χ4n) is 2.00. The van der Waals surface area contributed by atoms with Gasteiger partial charge in [-0.3, -0.25) is 0 Å². The predicted molar refractivity (Wildman–Crippen MR) is 90.4 cm³/mol. The minimum absolute atomic E-state index is 0.156. The molecule has 1 aromatic heterocycles. The van der Waals surface area contributed by atoms with Crippen LogP contribution in [0.15, 0.2) is 0 Å². The van der Waals surface area contributed by atoms with Crippen molar-refractivity contribution in [3.63, 3.8) is 0 Å². The van der Waals surface area contributed by atoms with E-state index in [1.807, 2.05) is 11.3 Å².